The Bertz CT molecular complexity index is 637. The summed E-state index contributed by atoms with van der Waals surface area (Å²) in [6.07, 6.45) is 0.420. The molecule has 2 aromatic carbocycles. The van der Waals surface area contributed by atoms with E-state index in [0.29, 0.717) is 13.0 Å². The Kier molecular flexibility index (Phi) is 5.27. The summed E-state index contributed by atoms with van der Waals surface area (Å²) in [5.41, 5.74) is 2.18. The number of hydrogen-bond acceptors (Lipinski definition) is 3. The number of piperazine rings is 1. The van der Waals surface area contributed by atoms with Gasteiger partial charge in [-0.15, -0.1) is 0 Å². The number of nitrogens with zero attached hydrogens (tertiary/aromatic N) is 1. The Balaban J connectivity index is 1.59. The van der Waals surface area contributed by atoms with Crippen LogP contribution in [0, 0.1) is 0 Å². The monoisotopic (exact) mass is 310 g/mol. The molecule has 0 bridgehead atoms. The first kappa shape index (κ1) is 15.6. The lowest BCUT2D eigenvalue weighted by Crippen LogP contribution is -2.46. The van der Waals surface area contributed by atoms with Gasteiger partial charge in [0.2, 0.25) is 5.91 Å². The molecule has 1 aliphatic heterocycles. The second kappa shape index (κ2) is 7.79. The molecule has 1 heterocycles. The van der Waals surface area contributed by atoms with Gasteiger partial charge in [-0.3, -0.25) is 4.79 Å². The molecule has 0 unspecified atom stereocenters. The number of rotatable bonds is 5. The summed E-state index contributed by atoms with van der Waals surface area (Å²) in [4.78, 5) is 14.1. The van der Waals surface area contributed by atoms with Crippen LogP contribution in [0.25, 0.3) is 11.1 Å². The van der Waals surface area contributed by atoms with Gasteiger partial charge in [0.15, 0.2) is 0 Å². The molecule has 2 aromatic rings. The maximum atomic E-state index is 12.2. The highest BCUT2D eigenvalue weighted by atomic mass is 16.5. The average molecular weight is 310 g/mol. The van der Waals surface area contributed by atoms with E-state index in [1.807, 2.05) is 47.4 Å². The van der Waals surface area contributed by atoms with Crippen LogP contribution in [0.2, 0.25) is 0 Å². The topological polar surface area (TPSA) is 41.6 Å². The van der Waals surface area contributed by atoms with Crippen molar-refractivity contribution in [2.75, 3.05) is 32.8 Å². The minimum Gasteiger partial charge on any atom is -0.492 e. The van der Waals surface area contributed by atoms with Crippen molar-refractivity contribution in [3.05, 3.63) is 54.6 Å². The van der Waals surface area contributed by atoms with E-state index in [2.05, 4.69) is 17.4 Å². The van der Waals surface area contributed by atoms with Gasteiger partial charge >= 0.3 is 0 Å². The number of benzene rings is 2. The van der Waals surface area contributed by atoms with Gasteiger partial charge in [0.25, 0.3) is 0 Å². The van der Waals surface area contributed by atoms with Gasteiger partial charge in [0.1, 0.15) is 5.75 Å². The molecule has 0 aromatic heterocycles. The molecule has 1 amide bonds. The third-order valence-corrected chi connectivity index (χ3v) is 4.02. The summed E-state index contributed by atoms with van der Waals surface area (Å²) in [6.45, 7) is 3.75. The summed E-state index contributed by atoms with van der Waals surface area (Å²) in [5.74, 6) is 0.996. The van der Waals surface area contributed by atoms with Crippen LogP contribution in [-0.2, 0) is 4.79 Å². The molecule has 23 heavy (non-hydrogen) atoms. The van der Waals surface area contributed by atoms with Gasteiger partial charge in [-0.1, -0.05) is 48.5 Å². The molecule has 1 fully saturated rings. The van der Waals surface area contributed by atoms with Crippen molar-refractivity contribution < 1.29 is 9.53 Å². The van der Waals surface area contributed by atoms with Crippen LogP contribution in [0.1, 0.15) is 6.42 Å². The molecule has 3 rings (SSSR count). The highest BCUT2D eigenvalue weighted by molar-refractivity contribution is 5.76. The van der Waals surface area contributed by atoms with Gasteiger partial charge in [0, 0.05) is 31.7 Å². The quantitative estimate of drug-likeness (QED) is 0.923. The molecule has 0 aliphatic carbocycles. The molecule has 1 aliphatic rings. The molecular formula is C19H22N2O2. The standard InChI is InChI=1S/C19H22N2O2/c22-19(21-13-11-20-12-14-21)10-15-23-18-9-5-4-8-17(18)16-6-2-1-3-7-16/h1-9,20H,10-15H2. The lowest BCUT2D eigenvalue weighted by Gasteiger charge is -2.27. The van der Waals surface area contributed by atoms with Crippen molar-refractivity contribution >= 4 is 5.91 Å². The molecular weight excluding hydrogens is 288 g/mol. The van der Waals surface area contributed by atoms with Gasteiger partial charge in [-0.05, 0) is 11.6 Å². The Morgan fingerprint density at radius 3 is 2.48 bits per heavy atom. The van der Waals surface area contributed by atoms with E-state index in [9.17, 15) is 4.79 Å². The zero-order valence-corrected chi connectivity index (χ0v) is 13.2. The Morgan fingerprint density at radius 2 is 1.70 bits per heavy atom. The van der Waals surface area contributed by atoms with E-state index in [0.717, 1.165) is 43.1 Å². The highest BCUT2D eigenvalue weighted by Gasteiger charge is 2.16. The van der Waals surface area contributed by atoms with Gasteiger partial charge in [-0.2, -0.15) is 0 Å². The first-order valence-electron chi connectivity index (χ1n) is 8.10. The summed E-state index contributed by atoms with van der Waals surface area (Å²) in [5, 5.41) is 3.25. The number of ether oxygens (including phenoxy) is 1. The normalized spacial score (nSPS) is 14.5. The maximum absolute atomic E-state index is 12.2. The molecule has 4 nitrogen and oxygen atoms in total. The largest absolute Gasteiger partial charge is 0.492 e. The van der Waals surface area contributed by atoms with Crippen LogP contribution in [0.4, 0.5) is 0 Å². The van der Waals surface area contributed by atoms with Crippen molar-refractivity contribution in [1.82, 2.24) is 10.2 Å². The summed E-state index contributed by atoms with van der Waals surface area (Å²) in [7, 11) is 0. The van der Waals surface area contributed by atoms with E-state index < -0.39 is 0 Å². The van der Waals surface area contributed by atoms with Crippen molar-refractivity contribution in [2.24, 2.45) is 0 Å². The molecule has 0 radical (unpaired) electrons. The molecule has 4 heteroatoms. The van der Waals surface area contributed by atoms with Crippen LogP contribution in [-0.4, -0.2) is 43.6 Å². The van der Waals surface area contributed by atoms with E-state index in [4.69, 9.17) is 4.74 Å². The highest BCUT2D eigenvalue weighted by Crippen LogP contribution is 2.29. The molecule has 1 saturated heterocycles. The van der Waals surface area contributed by atoms with Crippen LogP contribution in [0.15, 0.2) is 54.6 Å². The van der Waals surface area contributed by atoms with Crippen molar-refractivity contribution in [2.45, 2.75) is 6.42 Å². The Hall–Kier alpha value is -2.33. The number of carbonyl (C=O) groups is 1. The molecule has 120 valence electrons. The SMILES string of the molecule is O=C(CCOc1ccccc1-c1ccccc1)N1CCNCC1. The number of amides is 1. The predicted octanol–water partition coefficient (Wildman–Crippen LogP) is 2.55. The third-order valence-electron chi connectivity index (χ3n) is 4.02. The Labute approximate surface area is 137 Å². The fourth-order valence-electron chi connectivity index (χ4n) is 2.77. The number of hydrogen-bond donors (Lipinski definition) is 1. The van der Waals surface area contributed by atoms with E-state index in [1.54, 1.807) is 0 Å². The number of para-hydroxylation sites is 1. The van der Waals surface area contributed by atoms with Crippen molar-refractivity contribution in [3.63, 3.8) is 0 Å². The summed E-state index contributed by atoms with van der Waals surface area (Å²) < 4.78 is 5.89. The fraction of sp³-hybridized carbons (Fsp3) is 0.316. The smallest absolute Gasteiger partial charge is 0.226 e. The average Bonchev–Trinajstić information content (AvgIpc) is 2.63. The zero-order chi connectivity index (χ0) is 15.9. The van der Waals surface area contributed by atoms with Gasteiger partial charge in [0.05, 0.1) is 13.0 Å². The van der Waals surface area contributed by atoms with E-state index in [-0.39, 0.29) is 5.91 Å². The Morgan fingerprint density at radius 1 is 1.00 bits per heavy atom. The fourth-order valence-corrected chi connectivity index (χ4v) is 2.77. The minimum absolute atomic E-state index is 0.170. The summed E-state index contributed by atoms with van der Waals surface area (Å²) in [6, 6.07) is 18.1. The first-order chi connectivity index (χ1) is 11.3. The maximum Gasteiger partial charge on any atom is 0.226 e. The van der Waals surface area contributed by atoms with Crippen LogP contribution < -0.4 is 10.1 Å². The van der Waals surface area contributed by atoms with Crippen LogP contribution in [0.5, 0.6) is 5.75 Å². The molecule has 1 N–H and O–H groups in total. The van der Waals surface area contributed by atoms with Crippen molar-refractivity contribution in [1.29, 1.82) is 0 Å². The van der Waals surface area contributed by atoms with E-state index in [1.165, 1.54) is 0 Å². The molecule has 0 saturated carbocycles. The first-order valence-corrected chi connectivity index (χ1v) is 8.10. The number of nitrogens with one attached hydrogen (secondary N) is 1. The van der Waals surface area contributed by atoms with E-state index >= 15 is 0 Å². The van der Waals surface area contributed by atoms with Crippen LogP contribution >= 0.6 is 0 Å². The molecule has 0 spiro atoms. The van der Waals surface area contributed by atoms with Crippen LogP contribution in [0.3, 0.4) is 0 Å². The third kappa shape index (κ3) is 4.11. The van der Waals surface area contributed by atoms with Gasteiger partial charge in [-0.25, -0.2) is 0 Å². The second-order valence-electron chi connectivity index (χ2n) is 5.59. The minimum atomic E-state index is 0.170. The second-order valence-corrected chi connectivity index (χ2v) is 5.59. The lowest BCUT2D eigenvalue weighted by atomic mass is 10.1. The van der Waals surface area contributed by atoms with Crippen molar-refractivity contribution in [3.8, 4) is 16.9 Å². The number of carbonyl (C=O) groups excluding carboxylic acids is 1. The zero-order valence-electron chi connectivity index (χ0n) is 13.2. The predicted molar refractivity (Wildman–Crippen MR) is 91.4 cm³/mol. The lowest BCUT2D eigenvalue weighted by molar-refractivity contribution is -0.132. The molecule has 0 atom stereocenters. The van der Waals surface area contributed by atoms with Gasteiger partial charge < -0.3 is 15.0 Å². The summed E-state index contributed by atoms with van der Waals surface area (Å²) >= 11 is 0.